The van der Waals surface area contributed by atoms with Gasteiger partial charge in [0.1, 0.15) is 17.1 Å². The molecule has 2 rings (SSSR count). The molecule has 0 unspecified atom stereocenters. The van der Waals surface area contributed by atoms with Crippen LogP contribution < -0.4 is 5.32 Å². The Labute approximate surface area is 130 Å². The molecule has 0 aromatic carbocycles. The first-order valence-corrected chi connectivity index (χ1v) is 7.65. The van der Waals surface area contributed by atoms with Crippen molar-refractivity contribution in [1.29, 1.82) is 0 Å². The largest absolute Gasteiger partial charge is 0.444 e. The number of thiophene rings is 1. The summed E-state index contributed by atoms with van der Waals surface area (Å²) in [4.78, 5) is 12.8. The molecule has 2 aromatic heterocycles. The minimum atomic E-state index is -0.524. The topological polar surface area (TPSA) is 56.2 Å². The lowest BCUT2D eigenvalue weighted by atomic mass is 10.2. The van der Waals surface area contributed by atoms with Crippen LogP contribution in [0.4, 0.5) is 10.6 Å². The van der Waals surface area contributed by atoms with E-state index in [1.807, 2.05) is 39.0 Å². The molecule has 0 aliphatic carbocycles. The van der Waals surface area contributed by atoms with Crippen LogP contribution in [0.3, 0.4) is 0 Å². The fraction of sp³-hybridized carbons (Fsp3) is 0.385. The fourth-order valence-corrected chi connectivity index (χ4v) is 2.91. The predicted octanol–water partition coefficient (Wildman–Crippen LogP) is 4.26. The van der Waals surface area contributed by atoms with Gasteiger partial charge in [-0.25, -0.2) is 4.79 Å². The molecular formula is C13H16BrN3O2S. The number of ether oxygens (including phenoxy) is 1. The monoisotopic (exact) mass is 357 g/mol. The first-order valence-electron chi connectivity index (χ1n) is 6.04. The van der Waals surface area contributed by atoms with Crippen LogP contribution in [-0.2, 0) is 11.8 Å². The van der Waals surface area contributed by atoms with E-state index in [4.69, 9.17) is 4.74 Å². The molecule has 7 heteroatoms. The third-order valence-electron chi connectivity index (χ3n) is 2.33. The number of rotatable bonds is 2. The average molecular weight is 358 g/mol. The Bertz CT molecular complexity index is 628. The number of nitrogens with one attached hydrogen (secondary N) is 1. The summed E-state index contributed by atoms with van der Waals surface area (Å²) in [6.07, 6.45) is -0.487. The zero-order valence-corrected chi connectivity index (χ0v) is 14.1. The maximum absolute atomic E-state index is 11.8. The van der Waals surface area contributed by atoms with Crippen LogP contribution >= 0.6 is 27.3 Å². The lowest BCUT2D eigenvalue weighted by Crippen LogP contribution is -2.27. The van der Waals surface area contributed by atoms with Gasteiger partial charge in [0.2, 0.25) is 0 Å². The highest BCUT2D eigenvalue weighted by Gasteiger charge is 2.18. The van der Waals surface area contributed by atoms with Crippen molar-refractivity contribution in [2.75, 3.05) is 5.32 Å². The first kappa shape index (κ1) is 15.1. The van der Waals surface area contributed by atoms with Crippen LogP contribution in [0.2, 0.25) is 0 Å². The van der Waals surface area contributed by atoms with E-state index >= 15 is 0 Å². The van der Waals surface area contributed by atoms with Crippen LogP contribution in [0.5, 0.6) is 0 Å². The molecule has 2 heterocycles. The van der Waals surface area contributed by atoms with E-state index in [9.17, 15) is 4.79 Å². The Morgan fingerprint density at radius 3 is 2.70 bits per heavy atom. The van der Waals surface area contributed by atoms with Gasteiger partial charge in [-0.2, -0.15) is 5.10 Å². The summed E-state index contributed by atoms with van der Waals surface area (Å²) in [6, 6.07) is 5.77. The number of hydrogen-bond donors (Lipinski definition) is 1. The maximum atomic E-state index is 11.8. The molecule has 0 fully saturated rings. The van der Waals surface area contributed by atoms with Crippen molar-refractivity contribution in [2.24, 2.45) is 7.05 Å². The van der Waals surface area contributed by atoms with Crippen molar-refractivity contribution in [2.45, 2.75) is 26.4 Å². The SMILES string of the molecule is Cn1nc(-c2ccc(Br)s2)cc1NC(=O)OC(C)(C)C. The van der Waals surface area contributed by atoms with Crippen LogP contribution in [0, 0.1) is 0 Å². The summed E-state index contributed by atoms with van der Waals surface area (Å²) in [5, 5.41) is 7.08. The second-order valence-electron chi connectivity index (χ2n) is 5.27. The smallest absolute Gasteiger partial charge is 0.413 e. The summed E-state index contributed by atoms with van der Waals surface area (Å²) in [5.74, 6) is 0.596. The first-order chi connectivity index (χ1) is 9.24. The van der Waals surface area contributed by atoms with E-state index in [0.29, 0.717) is 5.82 Å². The zero-order chi connectivity index (χ0) is 14.9. The molecule has 2 aromatic rings. The van der Waals surface area contributed by atoms with Gasteiger partial charge >= 0.3 is 6.09 Å². The number of carbonyl (C=O) groups is 1. The maximum Gasteiger partial charge on any atom is 0.413 e. The number of aryl methyl sites for hydroxylation is 1. The minimum absolute atomic E-state index is 0.487. The zero-order valence-electron chi connectivity index (χ0n) is 11.7. The standard InChI is InChI=1S/C13H16BrN3O2S/c1-13(2,3)19-12(18)15-11-7-8(16-17(11)4)9-5-6-10(14)20-9/h5-7H,1-4H3,(H,15,18). The average Bonchev–Trinajstić information content (AvgIpc) is 2.84. The van der Waals surface area contributed by atoms with Crippen molar-refractivity contribution < 1.29 is 9.53 Å². The number of aromatic nitrogens is 2. The normalized spacial score (nSPS) is 11.4. The molecule has 0 saturated carbocycles. The number of carbonyl (C=O) groups excluding carboxylic acids is 1. The van der Waals surface area contributed by atoms with Gasteiger partial charge in [0.05, 0.1) is 8.66 Å². The quantitative estimate of drug-likeness (QED) is 0.873. The molecule has 0 bridgehead atoms. The van der Waals surface area contributed by atoms with E-state index in [0.717, 1.165) is 14.4 Å². The Hall–Kier alpha value is -1.34. The molecule has 1 amide bonds. The predicted molar refractivity (Wildman–Crippen MR) is 84.1 cm³/mol. The second-order valence-corrected chi connectivity index (χ2v) is 7.73. The van der Waals surface area contributed by atoms with E-state index in [-0.39, 0.29) is 0 Å². The van der Waals surface area contributed by atoms with Crippen molar-refractivity contribution in [3.8, 4) is 10.6 Å². The Kier molecular flexibility index (Phi) is 4.19. The molecule has 0 atom stereocenters. The third kappa shape index (κ3) is 3.83. The van der Waals surface area contributed by atoms with Crippen molar-refractivity contribution >= 4 is 39.2 Å². The molecule has 0 saturated heterocycles. The Balaban J connectivity index is 2.14. The molecule has 0 aliphatic heterocycles. The fourth-order valence-electron chi connectivity index (χ4n) is 1.56. The van der Waals surface area contributed by atoms with E-state index in [1.165, 1.54) is 0 Å². The third-order valence-corrected chi connectivity index (χ3v) is 3.98. The van der Waals surface area contributed by atoms with Gasteiger partial charge < -0.3 is 4.74 Å². The van der Waals surface area contributed by atoms with Gasteiger partial charge in [0.15, 0.2) is 0 Å². The van der Waals surface area contributed by atoms with Gasteiger partial charge in [-0.1, -0.05) is 0 Å². The number of halogens is 1. The van der Waals surface area contributed by atoms with Gasteiger partial charge in [-0.05, 0) is 48.8 Å². The van der Waals surface area contributed by atoms with Gasteiger partial charge in [0.25, 0.3) is 0 Å². The van der Waals surface area contributed by atoms with Crippen LogP contribution in [-0.4, -0.2) is 21.5 Å². The number of anilines is 1. The second kappa shape index (κ2) is 5.57. The number of amides is 1. The molecular weight excluding hydrogens is 342 g/mol. The minimum Gasteiger partial charge on any atom is -0.444 e. The lowest BCUT2D eigenvalue weighted by Gasteiger charge is -2.19. The highest BCUT2D eigenvalue weighted by molar-refractivity contribution is 9.11. The van der Waals surface area contributed by atoms with Gasteiger partial charge in [-0.3, -0.25) is 10.00 Å². The lowest BCUT2D eigenvalue weighted by molar-refractivity contribution is 0.0634. The summed E-state index contributed by atoms with van der Waals surface area (Å²) in [5.41, 5.74) is 0.290. The summed E-state index contributed by atoms with van der Waals surface area (Å²) >= 11 is 5.01. The summed E-state index contributed by atoms with van der Waals surface area (Å²) in [6.45, 7) is 5.47. The van der Waals surface area contributed by atoms with Crippen LogP contribution in [0.15, 0.2) is 22.0 Å². The molecule has 0 aliphatic rings. The summed E-state index contributed by atoms with van der Waals surface area (Å²) < 4.78 is 7.88. The van der Waals surface area contributed by atoms with Crippen LogP contribution in [0.25, 0.3) is 10.6 Å². The Morgan fingerprint density at radius 1 is 1.45 bits per heavy atom. The molecule has 1 N–H and O–H groups in total. The highest BCUT2D eigenvalue weighted by Crippen LogP contribution is 2.31. The Morgan fingerprint density at radius 2 is 2.15 bits per heavy atom. The number of nitrogens with zero attached hydrogens (tertiary/aromatic N) is 2. The summed E-state index contributed by atoms with van der Waals surface area (Å²) in [7, 11) is 1.78. The van der Waals surface area contributed by atoms with Crippen molar-refractivity contribution in [3.63, 3.8) is 0 Å². The van der Waals surface area contributed by atoms with Crippen molar-refractivity contribution in [3.05, 3.63) is 22.0 Å². The highest BCUT2D eigenvalue weighted by atomic mass is 79.9. The van der Waals surface area contributed by atoms with E-state index < -0.39 is 11.7 Å². The molecule has 108 valence electrons. The molecule has 0 radical (unpaired) electrons. The van der Waals surface area contributed by atoms with Crippen LogP contribution in [0.1, 0.15) is 20.8 Å². The van der Waals surface area contributed by atoms with Gasteiger partial charge in [-0.15, -0.1) is 11.3 Å². The number of hydrogen-bond acceptors (Lipinski definition) is 4. The van der Waals surface area contributed by atoms with E-state index in [2.05, 4.69) is 26.3 Å². The van der Waals surface area contributed by atoms with Crippen molar-refractivity contribution in [1.82, 2.24) is 9.78 Å². The van der Waals surface area contributed by atoms with E-state index in [1.54, 1.807) is 23.1 Å². The molecule has 5 nitrogen and oxygen atoms in total. The van der Waals surface area contributed by atoms with Gasteiger partial charge in [0, 0.05) is 13.1 Å². The molecule has 20 heavy (non-hydrogen) atoms. The molecule has 0 spiro atoms.